The molecule has 0 aromatic carbocycles. The van der Waals surface area contributed by atoms with Gasteiger partial charge in [-0.05, 0) is 25.2 Å². The summed E-state index contributed by atoms with van der Waals surface area (Å²) in [4.78, 5) is 6.33. The van der Waals surface area contributed by atoms with Crippen LogP contribution in [0.1, 0.15) is 32.4 Å². The lowest BCUT2D eigenvalue weighted by Gasteiger charge is -2.18. The normalized spacial score (nSPS) is 21.7. The van der Waals surface area contributed by atoms with E-state index in [2.05, 4.69) is 23.9 Å². The fraction of sp³-hybridized carbons (Fsp3) is 0.625. The zero-order chi connectivity index (χ0) is 16.4. The van der Waals surface area contributed by atoms with Gasteiger partial charge in [0.25, 0.3) is 5.92 Å². The number of fused-ring (bicyclic) bond motifs is 1. The molecule has 1 saturated carbocycles. The van der Waals surface area contributed by atoms with Crippen LogP contribution in [0.15, 0.2) is 12.3 Å². The van der Waals surface area contributed by atoms with Gasteiger partial charge in [0, 0.05) is 12.6 Å². The van der Waals surface area contributed by atoms with E-state index in [9.17, 15) is 8.78 Å². The number of nitrogens with zero attached hydrogens (tertiary/aromatic N) is 4. The minimum absolute atomic E-state index is 0.268. The van der Waals surface area contributed by atoms with E-state index < -0.39 is 11.3 Å². The van der Waals surface area contributed by atoms with E-state index in [1.165, 1.54) is 0 Å². The molecule has 124 valence electrons. The van der Waals surface area contributed by atoms with Gasteiger partial charge in [-0.3, -0.25) is 0 Å². The molecule has 2 aromatic heterocycles. The van der Waals surface area contributed by atoms with E-state index in [0.29, 0.717) is 41.8 Å². The summed E-state index contributed by atoms with van der Waals surface area (Å²) < 4.78 is 30.2. The quantitative estimate of drug-likeness (QED) is 0.851. The zero-order valence-corrected chi connectivity index (χ0v) is 13.9. The van der Waals surface area contributed by atoms with Gasteiger partial charge in [-0.1, -0.05) is 25.4 Å². The highest BCUT2D eigenvalue weighted by Crippen LogP contribution is 2.61. The molecular formula is C16H19ClF2N4. The van der Waals surface area contributed by atoms with Gasteiger partial charge in [-0.25, -0.2) is 18.3 Å². The van der Waals surface area contributed by atoms with E-state index >= 15 is 0 Å². The van der Waals surface area contributed by atoms with Crippen molar-refractivity contribution in [2.75, 3.05) is 18.0 Å². The third kappa shape index (κ3) is 2.38. The molecular weight excluding hydrogens is 322 g/mol. The molecule has 1 saturated heterocycles. The molecule has 0 N–H and O–H groups in total. The first-order valence-electron chi connectivity index (χ1n) is 7.97. The number of rotatable bonds is 3. The van der Waals surface area contributed by atoms with Crippen LogP contribution in [-0.2, 0) is 6.42 Å². The van der Waals surface area contributed by atoms with E-state index in [-0.39, 0.29) is 6.54 Å². The van der Waals surface area contributed by atoms with Gasteiger partial charge in [0.2, 0.25) is 0 Å². The summed E-state index contributed by atoms with van der Waals surface area (Å²) >= 11 is 6.10. The summed E-state index contributed by atoms with van der Waals surface area (Å²) in [5, 5.41) is 4.52. The maximum absolute atomic E-state index is 14.3. The monoisotopic (exact) mass is 340 g/mol. The topological polar surface area (TPSA) is 33.4 Å². The van der Waals surface area contributed by atoms with Crippen LogP contribution in [0, 0.1) is 11.3 Å². The standard InChI is InChI=1S/C16H19ClF2N4/c1-10(2)5-11-7-23-14(20-11)12(6-13(17)21-23)22-8-15(3-4-15)16(18,19)9-22/h6-7,10H,3-5,8-9H2,1-2H3. The molecule has 1 spiro atoms. The van der Waals surface area contributed by atoms with E-state index in [1.54, 1.807) is 15.5 Å². The fourth-order valence-electron chi connectivity index (χ4n) is 3.52. The molecule has 7 heteroatoms. The molecule has 4 rings (SSSR count). The Kier molecular flexibility index (Phi) is 3.15. The Hall–Kier alpha value is -1.43. The fourth-order valence-corrected chi connectivity index (χ4v) is 3.70. The molecule has 23 heavy (non-hydrogen) atoms. The predicted molar refractivity (Wildman–Crippen MR) is 85.4 cm³/mol. The average molecular weight is 341 g/mol. The summed E-state index contributed by atoms with van der Waals surface area (Å²) in [5.74, 6) is -2.18. The number of anilines is 1. The van der Waals surface area contributed by atoms with Gasteiger partial charge in [-0.2, -0.15) is 5.10 Å². The minimum atomic E-state index is -2.65. The Bertz CT molecular complexity index is 761. The second-order valence-corrected chi connectivity index (χ2v) is 7.68. The maximum atomic E-state index is 14.3. The molecule has 2 aromatic rings. The number of hydrogen-bond donors (Lipinski definition) is 0. The molecule has 3 heterocycles. The second-order valence-electron chi connectivity index (χ2n) is 7.29. The van der Waals surface area contributed by atoms with Crippen LogP contribution in [0.25, 0.3) is 5.65 Å². The van der Waals surface area contributed by atoms with Crippen molar-refractivity contribution >= 4 is 22.9 Å². The predicted octanol–water partition coefficient (Wildman–Crippen LogP) is 3.82. The molecule has 0 atom stereocenters. The zero-order valence-electron chi connectivity index (χ0n) is 13.2. The van der Waals surface area contributed by atoms with Gasteiger partial charge in [0.15, 0.2) is 10.8 Å². The lowest BCUT2D eigenvalue weighted by molar-refractivity contribution is -0.0334. The van der Waals surface area contributed by atoms with Gasteiger partial charge in [0.1, 0.15) is 0 Å². The van der Waals surface area contributed by atoms with Gasteiger partial charge in [-0.15, -0.1) is 0 Å². The average Bonchev–Trinajstić information content (AvgIpc) is 3.03. The summed E-state index contributed by atoms with van der Waals surface area (Å²) in [7, 11) is 0. The molecule has 1 aliphatic carbocycles. The Morgan fingerprint density at radius 2 is 2.04 bits per heavy atom. The molecule has 0 radical (unpaired) electrons. The van der Waals surface area contributed by atoms with E-state index in [1.807, 2.05) is 6.20 Å². The smallest absolute Gasteiger partial charge is 0.272 e. The van der Waals surface area contributed by atoms with Crippen LogP contribution in [0.2, 0.25) is 5.15 Å². The molecule has 0 amide bonds. The first-order chi connectivity index (χ1) is 10.8. The van der Waals surface area contributed by atoms with Gasteiger partial charge < -0.3 is 4.90 Å². The Morgan fingerprint density at radius 1 is 1.30 bits per heavy atom. The molecule has 2 fully saturated rings. The first kappa shape index (κ1) is 15.1. The SMILES string of the molecule is CC(C)Cc1cn2nc(Cl)cc(N3CC(F)(F)C4(CC4)C3)c2n1. The minimum Gasteiger partial charge on any atom is -0.362 e. The number of imidazole rings is 1. The Labute approximate surface area is 138 Å². The van der Waals surface area contributed by atoms with Gasteiger partial charge in [0.05, 0.1) is 29.5 Å². The number of alkyl halides is 2. The summed E-state index contributed by atoms with van der Waals surface area (Å²) in [6.45, 7) is 4.32. The highest BCUT2D eigenvalue weighted by Gasteiger charge is 2.67. The van der Waals surface area contributed by atoms with Crippen molar-refractivity contribution in [2.45, 2.75) is 39.0 Å². The molecule has 0 unspecified atom stereocenters. The second kappa shape index (κ2) is 4.79. The van der Waals surface area contributed by atoms with Crippen molar-refractivity contribution in [2.24, 2.45) is 11.3 Å². The third-order valence-electron chi connectivity index (χ3n) is 4.90. The summed E-state index contributed by atoms with van der Waals surface area (Å²) in [6.07, 6.45) is 3.85. The maximum Gasteiger partial charge on any atom is 0.272 e. The lowest BCUT2D eigenvalue weighted by atomic mass is 10.0. The van der Waals surface area contributed by atoms with Crippen molar-refractivity contribution in [1.82, 2.24) is 14.6 Å². The molecule has 1 aliphatic heterocycles. The van der Waals surface area contributed by atoms with Crippen LogP contribution in [0.3, 0.4) is 0 Å². The number of halogens is 3. The number of hydrogen-bond acceptors (Lipinski definition) is 3. The Morgan fingerprint density at radius 3 is 2.65 bits per heavy atom. The third-order valence-corrected chi connectivity index (χ3v) is 5.08. The highest BCUT2D eigenvalue weighted by molar-refractivity contribution is 6.29. The Balaban J connectivity index is 1.76. The van der Waals surface area contributed by atoms with Crippen molar-refractivity contribution in [1.29, 1.82) is 0 Å². The van der Waals surface area contributed by atoms with Crippen molar-refractivity contribution in [3.05, 3.63) is 23.1 Å². The highest BCUT2D eigenvalue weighted by atomic mass is 35.5. The van der Waals surface area contributed by atoms with Crippen LogP contribution in [0.4, 0.5) is 14.5 Å². The molecule has 2 aliphatic rings. The van der Waals surface area contributed by atoms with Crippen molar-refractivity contribution in [3.63, 3.8) is 0 Å². The van der Waals surface area contributed by atoms with Crippen LogP contribution < -0.4 is 4.90 Å². The molecule has 0 bridgehead atoms. The van der Waals surface area contributed by atoms with E-state index in [4.69, 9.17) is 11.6 Å². The van der Waals surface area contributed by atoms with E-state index in [0.717, 1.165) is 12.1 Å². The molecule has 4 nitrogen and oxygen atoms in total. The van der Waals surface area contributed by atoms with Crippen molar-refractivity contribution < 1.29 is 8.78 Å². The first-order valence-corrected chi connectivity index (χ1v) is 8.35. The van der Waals surface area contributed by atoms with Crippen LogP contribution in [-0.4, -0.2) is 33.6 Å². The van der Waals surface area contributed by atoms with Crippen LogP contribution in [0.5, 0.6) is 0 Å². The summed E-state index contributed by atoms with van der Waals surface area (Å²) in [6, 6.07) is 1.65. The number of aromatic nitrogens is 3. The van der Waals surface area contributed by atoms with Crippen LogP contribution >= 0.6 is 11.6 Å². The van der Waals surface area contributed by atoms with Gasteiger partial charge >= 0.3 is 0 Å². The summed E-state index contributed by atoms with van der Waals surface area (Å²) in [5.41, 5.74) is 1.33. The lowest BCUT2D eigenvalue weighted by Crippen LogP contribution is -2.28. The largest absolute Gasteiger partial charge is 0.362 e. The van der Waals surface area contributed by atoms with Crippen molar-refractivity contribution in [3.8, 4) is 0 Å².